The zero-order valence-corrected chi connectivity index (χ0v) is 7.75. The standard InChI is InChI=1S/C10H16N2/c1-7(2)10-8(5-6-11)3-4-9(10)12/h5,7,9-10H,3-4,12H2,1-2H3/b8-5+. The van der Waals surface area contributed by atoms with E-state index in [-0.39, 0.29) is 6.04 Å². The van der Waals surface area contributed by atoms with Crippen LogP contribution in [0.5, 0.6) is 0 Å². The largest absolute Gasteiger partial charge is 0.327 e. The molecule has 0 amide bonds. The fourth-order valence-electron chi connectivity index (χ4n) is 2.13. The lowest BCUT2D eigenvalue weighted by Gasteiger charge is -2.20. The second-order valence-electron chi connectivity index (χ2n) is 3.82. The van der Waals surface area contributed by atoms with E-state index < -0.39 is 0 Å². The summed E-state index contributed by atoms with van der Waals surface area (Å²) in [5, 5.41) is 8.55. The molecule has 2 heteroatoms. The monoisotopic (exact) mass is 164 g/mol. The lowest BCUT2D eigenvalue weighted by molar-refractivity contribution is 0.404. The highest BCUT2D eigenvalue weighted by Crippen LogP contribution is 2.35. The van der Waals surface area contributed by atoms with Crippen LogP contribution in [0.15, 0.2) is 11.6 Å². The predicted octanol–water partition coefficient (Wildman–Crippen LogP) is 1.83. The maximum atomic E-state index is 8.55. The summed E-state index contributed by atoms with van der Waals surface area (Å²) in [6, 6.07) is 2.37. The van der Waals surface area contributed by atoms with Crippen molar-refractivity contribution in [2.75, 3.05) is 0 Å². The van der Waals surface area contributed by atoms with Gasteiger partial charge in [0.15, 0.2) is 0 Å². The van der Waals surface area contributed by atoms with Crippen molar-refractivity contribution in [3.05, 3.63) is 11.6 Å². The minimum atomic E-state index is 0.268. The molecule has 2 N–H and O–H groups in total. The molecule has 2 unspecified atom stereocenters. The van der Waals surface area contributed by atoms with Crippen molar-refractivity contribution in [3.63, 3.8) is 0 Å². The van der Waals surface area contributed by atoms with E-state index in [0.29, 0.717) is 11.8 Å². The Morgan fingerprint density at radius 1 is 1.67 bits per heavy atom. The van der Waals surface area contributed by atoms with Gasteiger partial charge in [-0.15, -0.1) is 0 Å². The number of allylic oxidation sites excluding steroid dienone is 1. The van der Waals surface area contributed by atoms with Crippen molar-refractivity contribution in [1.29, 1.82) is 5.26 Å². The van der Waals surface area contributed by atoms with E-state index in [2.05, 4.69) is 19.9 Å². The molecule has 1 fully saturated rings. The number of nitriles is 1. The minimum Gasteiger partial charge on any atom is -0.327 e. The second kappa shape index (κ2) is 3.73. The summed E-state index contributed by atoms with van der Waals surface area (Å²) in [6.45, 7) is 4.34. The molecular weight excluding hydrogens is 148 g/mol. The molecule has 66 valence electrons. The summed E-state index contributed by atoms with van der Waals surface area (Å²) in [5.41, 5.74) is 7.20. The van der Waals surface area contributed by atoms with Gasteiger partial charge in [0.25, 0.3) is 0 Å². The van der Waals surface area contributed by atoms with Gasteiger partial charge in [-0.05, 0) is 24.7 Å². The van der Waals surface area contributed by atoms with Crippen LogP contribution in [-0.4, -0.2) is 6.04 Å². The smallest absolute Gasteiger partial charge is 0.0911 e. The third kappa shape index (κ3) is 1.67. The van der Waals surface area contributed by atoms with E-state index in [0.717, 1.165) is 12.8 Å². The Balaban J connectivity index is 2.79. The van der Waals surface area contributed by atoms with Crippen molar-refractivity contribution in [3.8, 4) is 6.07 Å². The SMILES string of the molecule is CC(C)C1/C(=C/C#N)CCC1N. The van der Waals surface area contributed by atoms with Crippen molar-refractivity contribution in [2.45, 2.75) is 32.7 Å². The van der Waals surface area contributed by atoms with Gasteiger partial charge in [-0.25, -0.2) is 0 Å². The maximum absolute atomic E-state index is 8.55. The molecule has 1 rings (SSSR count). The van der Waals surface area contributed by atoms with E-state index in [4.69, 9.17) is 11.0 Å². The van der Waals surface area contributed by atoms with Crippen molar-refractivity contribution in [2.24, 2.45) is 17.6 Å². The van der Waals surface area contributed by atoms with Crippen LogP contribution in [0.2, 0.25) is 0 Å². The lowest BCUT2D eigenvalue weighted by atomic mass is 9.88. The lowest BCUT2D eigenvalue weighted by Crippen LogP contribution is -2.28. The summed E-state index contributed by atoms with van der Waals surface area (Å²) < 4.78 is 0. The first kappa shape index (κ1) is 9.28. The molecule has 1 saturated carbocycles. The molecule has 0 radical (unpaired) electrons. The highest BCUT2D eigenvalue weighted by Gasteiger charge is 2.30. The Morgan fingerprint density at radius 3 is 2.83 bits per heavy atom. The predicted molar refractivity (Wildman–Crippen MR) is 49.2 cm³/mol. The molecule has 0 saturated heterocycles. The molecule has 12 heavy (non-hydrogen) atoms. The van der Waals surface area contributed by atoms with E-state index in [9.17, 15) is 0 Å². The highest BCUT2D eigenvalue weighted by molar-refractivity contribution is 5.22. The van der Waals surface area contributed by atoms with Crippen LogP contribution in [0, 0.1) is 23.2 Å². The molecule has 2 nitrogen and oxygen atoms in total. The van der Waals surface area contributed by atoms with Crippen LogP contribution >= 0.6 is 0 Å². The summed E-state index contributed by atoms with van der Waals surface area (Å²) in [5.74, 6) is 0.992. The first-order valence-corrected chi connectivity index (χ1v) is 4.51. The van der Waals surface area contributed by atoms with Crippen molar-refractivity contribution < 1.29 is 0 Å². The van der Waals surface area contributed by atoms with Gasteiger partial charge in [0.1, 0.15) is 0 Å². The molecule has 0 heterocycles. The molecule has 0 aromatic heterocycles. The van der Waals surface area contributed by atoms with E-state index in [1.807, 2.05) is 0 Å². The van der Waals surface area contributed by atoms with E-state index in [1.165, 1.54) is 5.57 Å². The van der Waals surface area contributed by atoms with Gasteiger partial charge >= 0.3 is 0 Å². The van der Waals surface area contributed by atoms with Gasteiger partial charge in [-0.3, -0.25) is 0 Å². The molecule has 0 aliphatic heterocycles. The summed E-state index contributed by atoms with van der Waals surface area (Å²) in [6.07, 6.45) is 3.73. The molecule has 2 atom stereocenters. The molecule has 1 aliphatic carbocycles. The second-order valence-corrected chi connectivity index (χ2v) is 3.82. The topological polar surface area (TPSA) is 49.8 Å². The first-order valence-electron chi connectivity index (χ1n) is 4.51. The average Bonchev–Trinajstić information content (AvgIpc) is 2.32. The molecular formula is C10H16N2. The fraction of sp³-hybridized carbons (Fsp3) is 0.700. The van der Waals surface area contributed by atoms with Crippen LogP contribution in [-0.2, 0) is 0 Å². The van der Waals surface area contributed by atoms with Crippen LogP contribution < -0.4 is 5.73 Å². The first-order chi connectivity index (χ1) is 5.66. The minimum absolute atomic E-state index is 0.268. The molecule has 0 aromatic carbocycles. The third-order valence-electron chi connectivity index (χ3n) is 2.62. The van der Waals surface area contributed by atoms with Crippen LogP contribution in [0.25, 0.3) is 0 Å². The Morgan fingerprint density at radius 2 is 2.33 bits per heavy atom. The molecule has 0 aromatic rings. The highest BCUT2D eigenvalue weighted by atomic mass is 14.7. The molecule has 0 spiro atoms. The zero-order chi connectivity index (χ0) is 9.14. The normalized spacial score (nSPS) is 32.8. The number of nitrogens with two attached hydrogens (primary N) is 1. The van der Waals surface area contributed by atoms with Crippen molar-refractivity contribution >= 4 is 0 Å². The molecule has 1 aliphatic rings. The summed E-state index contributed by atoms with van der Waals surface area (Å²) >= 11 is 0. The number of nitrogens with zero attached hydrogens (tertiary/aromatic N) is 1. The van der Waals surface area contributed by atoms with Gasteiger partial charge in [0, 0.05) is 12.1 Å². The van der Waals surface area contributed by atoms with Gasteiger partial charge in [0.05, 0.1) is 6.07 Å². The number of hydrogen-bond donors (Lipinski definition) is 1. The van der Waals surface area contributed by atoms with Crippen LogP contribution in [0.1, 0.15) is 26.7 Å². The molecule has 0 bridgehead atoms. The number of rotatable bonds is 1. The van der Waals surface area contributed by atoms with Gasteiger partial charge in [0.2, 0.25) is 0 Å². The van der Waals surface area contributed by atoms with Crippen LogP contribution in [0.3, 0.4) is 0 Å². The maximum Gasteiger partial charge on any atom is 0.0911 e. The third-order valence-corrected chi connectivity index (χ3v) is 2.62. The van der Waals surface area contributed by atoms with E-state index in [1.54, 1.807) is 6.08 Å². The van der Waals surface area contributed by atoms with Gasteiger partial charge < -0.3 is 5.73 Å². The van der Waals surface area contributed by atoms with Gasteiger partial charge in [-0.2, -0.15) is 5.26 Å². The summed E-state index contributed by atoms with van der Waals surface area (Å²) in [4.78, 5) is 0. The fourth-order valence-corrected chi connectivity index (χ4v) is 2.13. The van der Waals surface area contributed by atoms with Crippen LogP contribution in [0.4, 0.5) is 0 Å². The average molecular weight is 164 g/mol. The number of hydrogen-bond acceptors (Lipinski definition) is 2. The Hall–Kier alpha value is -0.810. The Bertz CT molecular complexity index is 222. The Labute approximate surface area is 74.1 Å². The summed E-state index contributed by atoms with van der Waals surface area (Å²) in [7, 11) is 0. The van der Waals surface area contributed by atoms with Crippen molar-refractivity contribution in [1.82, 2.24) is 0 Å². The zero-order valence-electron chi connectivity index (χ0n) is 7.75. The quantitative estimate of drug-likeness (QED) is 0.601. The van der Waals surface area contributed by atoms with E-state index >= 15 is 0 Å². The Kier molecular flexibility index (Phi) is 2.88. The van der Waals surface area contributed by atoms with Gasteiger partial charge in [-0.1, -0.05) is 19.4 Å².